The van der Waals surface area contributed by atoms with Crippen LogP contribution in [0.1, 0.15) is 15.9 Å². The highest BCUT2D eigenvalue weighted by Gasteiger charge is 2.14. The van der Waals surface area contributed by atoms with Gasteiger partial charge in [0, 0.05) is 11.1 Å². The quantitative estimate of drug-likeness (QED) is 0.751. The standard InChI is InChI=1S/C15H10FNO4/c1-20-12-6-8(2-4-10(12)16)14(18)9-3-5-11-13(7-9)21-15(19)17-11/h2-7H,1H3,(H,17,19). The molecule has 0 aliphatic heterocycles. The lowest BCUT2D eigenvalue weighted by Gasteiger charge is -2.05. The number of oxazole rings is 1. The monoisotopic (exact) mass is 287 g/mol. The Balaban J connectivity index is 2.05. The van der Waals surface area contributed by atoms with Crippen molar-refractivity contribution < 1.29 is 18.3 Å². The number of ether oxygens (including phenoxy) is 1. The molecule has 0 aliphatic carbocycles. The summed E-state index contributed by atoms with van der Waals surface area (Å²) in [4.78, 5) is 26.0. The molecule has 1 heterocycles. The zero-order chi connectivity index (χ0) is 15.0. The first kappa shape index (κ1) is 13.1. The zero-order valence-electron chi connectivity index (χ0n) is 11.0. The Hall–Kier alpha value is -2.89. The van der Waals surface area contributed by atoms with Gasteiger partial charge in [-0.25, -0.2) is 9.18 Å². The van der Waals surface area contributed by atoms with Gasteiger partial charge in [-0.3, -0.25) is 9.78 Å². The fourth-order valence-electron chi connectivity index (χ4n) is 2.05. The van der Waals surface area contributed by atoms with Gasteiger partial charge in [-0.1, -0.05) is 0 Å². The van der Waals surface area contributed by atoms with Gasteiger partial charge < -0.3 is 9.15 Å². The summed E-state index contributed by atoms with van der Waals surface area (Å²) in [6, 6.07) is 8.47. The number of halogens is 1. The molecule has 3 aromatic rings. The maximum absolute atomic E-state index is 13.4. The number of H-pyrrole nitrogens is 1. The Morgan fingerprint density at radius 2 is 1.90 bits per heavy atom. The van der Waals surface area contributed by atoms with Crippen molar-refractivity contribution >= 4 is 16.9 Å². The van der Waals surface area contributed by atoms with Crippen molar-refractivity contribution in [2.75, 3.05) is 7.11 Å². The first-order chi connectivity index (χ1) is 10.1. The van der Waals surface area contributed by atoms with Gasteiger partial charge in [0.05, 0.1) is 12.6 Å². The molecule has 0 radical (unpaired) electrons. The van der Waals surface area contributed by atoms with Crippen LogP contribution in [0.15, 0.2) is 45.6 Å². The summed E-state index contributed by atoms with van der Waals surface area (Å²) in [6.45, 7) is 0. The van der Waals surface area contributed by atoms with Crippen LogP contribution in [0, 0.1) is 5.82 Å². The van der Waals surface area contributed by atoms with E-state index in [4.69, 9.17) is 9.15 Å². The Bertz CT molecular complexity index is 894. The minimum absolute atomic E-state index is 0.00453. The third-order valence-corrected chi connectivity index (χ3v) is 3.10. The number of hydrogen-bond acceptors (Lipinski definition) is 4. The van der Waals surface area contributed by atoms with E-state index in [0.717, 1.165) is 0 Å². The molecule has 0 unspecified atom stereocenters. The largest absolute Gasteiger partial charge is 0.494 e. The molecule has 21 heavy (non-hydrogen) atoms. The number of carbonyl (C=O) groups is 1. The molecule has 2 aromatic carbocycles. The Kier molecular flexibility index (Phi) is 3.06. The van der Waals surface area contributed by atoms with Gasteiger partial charge in [-0.15, -0.1) is 0 Å². The molecule has 3 rings (SSSR count). The van der Waals surface area contributed by atoms with E-state index in [1.54, 1.807) is 12.1 Å². The molecule has 1 N–H and O–H groups in total. The van der Waals surface area contributed by atoms with Gasteiger partial charge in [0.25, 0.3) is 0 Å². The lowest BCUT2D eigenvalue weighted by atomic mass is 10.0. The second-order valence-corrected chi connectivity index (χ2v) is 4.40. The van der Waals surface area contributed by atoms with Crippen LogP contribution in [-0.4, -0.2) is 17.9 Å². The highest BCUT2D eigenvalue weighted by atomic mass is 19.1. The van der Waals surface area contributed by atoms with Crippen molar-refractivity contribution in [2.24, 2.45) is 0 Å². The number of methoxy groups -OCH3 is 1. The second kappa shape index (κ2) is 4.90. The highest BCUT2D eigenvalue weighted by Crippen LogP contribution is 2.21. The molecular formula is C15H10FNO4. The van der Waals surface area contributed by atoms with Crippen LogP contribution in [0.25, 0.3) is 11.1 Å². The molecule has 0 saturated heterocycles. The maximum Gasteiger partial charge on any atom is 0.417 e. The number of ketones is 1. The normalized spacial score (nSPS) is 10.8. The molecule has 106 valence electrons. The van der Waals surface area contributed by atoms with Crippen LogP contribution in [0.4, 0.5) is 4.39 Å². The van der Waals surface area contributed by atoms with Crippen molar-refractivity contribution in [3.8, 4) is 5.75 Å². The third kappa shape index (κ3) is 2.31. The first-order valence-corrected chi connectivity index (χ1v) is 6.09. The average Bonchev–Trinajstić information content (AvgIpc) is 2.86. The van der Waals surface area contributed by atoms with Crippen molar-refractivity contribution in [1.82, 2.24) is 4.98 Å². The number of aromatic amines is 1. The topological polar surface area (TPSA) is 72.3 Å². The molecule has 0 spiro atoms. The molecule has 0 amide bonds. The van der Waals surface area contributed by atoms with Crippen molar-refractivity contribution in [2.45, 2.75) is 0 Å². The molecule has 0 saturated carbocycles. The van der Waals surface area contributed by atoms with E-state index < -0.39 is 11.6 Å². The minimum atomic E-state index is -0.585. The number of hydrogen-bond donors (Lipinski definition) is 1. The number of carbonyl (C=O) groups excluding carboxylic acids is 1. The molecule has 0 aliphatic rings. The first-order valence-electron chi connectivity index (χ1n) is 6.09. The number of nitrogens with one attached hydrogen (secondary N) is 1. The van der Waals surface area contributed by atoms with Crippen molar-refractivity contribution in [3.05, 3.63) is 63.9 Å². The number of aromatic nitrogens is 1. The Morgan fingerprint density at radius 1 is 1.19 bits per heavy atom. The lowest BCUT2D eigenvalue weighted by Crippen LogP contribution is -2.02. The van der Waals surface area contributed by atoms with E-state index in [1.165, 1.54) is 31.4 Å². The predicted molar refractivity (Wildman–Crippen MR) is 73.2 cm³/mol. The predicted octanol–water partition coefficient (Wildman–Crippen LogP) is 2.50. The SMILES string of the molecule is COc1cc(C(=O)c2ccc3[nH]c(=O)oc3c2)ccc1F. The van der Waals surface area contributed by atoms with Crippen LogP contribution in [0.2, 0.25) is 0 Å². The van der Waals surface area contributed by atoms with Crippen LogP contribution in [0.3, 0.4) is 0 Å². The third-order valence-electron chi connectivity index (χ3n) is 3.10. The van der Waals surface area contributed by atoms with E-state index in [1.807, 2.05) is 0 Å². The summed E-state index contributed by atoms with van der Waals surface area (Å²) >= 11 is 0. The minimum Gasteiger partial charge on any atom is -0.494 e. The van der Waals surface area contributed by atoms with E-state index >= 15 is 0 Å². The molecular weight excluding hydrogens is 277 g/mol. The van der Waals surface area contributed by atoms with E-state index in [2.05, 4.69) is 4.98 Å². The van der Waals surface area contributed by atoms with Gasteiger partial charge in [0.2, 0.25) is 0 Å². The summed E-state index contributed by atoms with van der Waals surface area (Å²) < 4.78 is 23.1. The fraction of sp³-hybridized carbons (Fsp3) is 0.0667. The second-order valence-electron chi connectivity index (χ2n) is 4.40. The summed E-state index contributed by atoms with van der Waals surface area (Å²) in [5.41, 5.74) is 1.41. The van der Waals surface area contributed by atoms with Crippen molar-refractivity contribution in [1.29, 1.82) is 0 Å². The number of fused-ring (bicyclic) bond motifs is 1. The van der Waals surface area contributed by atoms with Crippen LogP contribution < -0.4 is 10.5 Å². The van der Waals surface area contributed by atoms with Crippen LogP contribution in [-0.2, 0) is 0 Å². The van der Waals surface area contributed by atoms with Gasteiger partial charge in [0.1, 0.15) is 0 Å². The molecule has 0 bridgehead atoms. The smallest absolute Gasteiger partial charge is 0.417 e. The summed E-state index contributed by atoms with van der Waals surface area (Å²) in [5.74, 6) is -1.45. The summed E-state index contributed by atoms with van der Waals surface area (Å²) in [6.07, 6.45) is 0. The molecule has 5 nitrogen and oxygen atoms in total. The van der Waals surface area contributed by atoms with Crippen molar-refractivity contribution in [3.63, 3.8) is 0 Å². The van der Waals surface area contributed by atoms with E-state index in [-0.39, 0.29) is 17.1 Å². The Morgan fingerprint density at radius 3 is 2.67 bits per heavy atom. The Labute approximate surface area is 118 Å². The number of benzene rings is 2. The molecule has 0 fully saturated rings. The fourth-order valence-corrected chi connectivity index (χ4v) is 2.05. The highest BCUT2D eigenvalue weighted by molar-refractivity contribution is 6.10. The van der Waals surface area contributed by atoms with Crippen LogP contribution in [0.5, 0.6) is 5.75 Å². The average molecular weight is 287 g/mol. The molecule has 1 aromatic heterocycles. The van der Waals surface area contributed by atoms with Gasteiger partial charge in [-0.2, -0.15) is 0 Å². The van der Waals surface area contributed by atoms with Gasteiger partial charge in [-0.05, 0) is 36.4 Å². The van der Waals surface area contributed by atoms with Crippen LogP contribution >= 0.6 is 0 Å². The summed E-state index contributed by atoms with van der Waals surface area (Å²) in [5, 5.41) is 0. The van der Waals surface area contributed by atoms with E-state index in [9.17, 15) is 14.0 Å². The molecule has 0 atom stereocenters. The number of rotatable bonds is 3. The maximum atomic E-state index is 13.4. The summed E-state index contributed by atoms with van der Waals surface area (Å²) in [7, 11) is 1.33. The van der Waals surface area contributed by atoms with Gasteiger partial charge in [0.15, 0.2) is 22.9 Å². The lowest BCUT2D eigenvalue weighted by molar-refractivity contribution is 0.103. The van der Waals surface area contributed by atoms with Gasteiger partial charge >= 0.3 is 5.76 Å². The van der Waals surface area contributed by atoms with E-state index in [0.29, 0.717) is 16.7 Å². The molecule has 6 heteroatoms. The zero-order valence-corrected chi connectivity index (χ0v) is 11.0.